The van der Waals surface area contributed by atoms with Crippen LogP contribution in [0.5, 0.6) is 5.75 Å². The number of carbonyl (C=O) groups excluding carboxylic acids is 2. The third-order valence-electron chi connectivity index (χ3n) is 6.08. The summed E-state index contributed by atoms with van der Waals surface area (Å²) in [5.74, 6) is -1.42. The molecule has 0 unspecified atom stereocenters. The van der Waals surface area contributed by atoms with Crippen LogP contribution in [0.4, 0.5) is 18.9 Å². The first-order valence-corrected chi connectivity index (χ1v) is 12.4. The summed E-state index contributed by atoms with van der Waals surface area (Å²) in [5, 5.41) is 6.72. The second-order valence-electron chi connectivity index (χ2n) is 9.11. The number of anilines is 1. The monoisotopic (exact) mass is 541 g/mol. The Kier molecular flexibility index (Phi) is 10.0. The minimum atomic E-state index is -4.76. The van der Waals surface area contributed by atoms with Crippen LogP contribution in [0.1, 0.15) is 31.7 Å². The SMILES string of the molecule is CC(C)[C@@H](CNc1ccc(OC(F)(F)F)cc1)NC(=O)[C@@H](CC(=O)N1CCOCC1)c1ccc(Cl)cc1. The number of alkyl halides is 3. The smallest absolute Gasteiger partial charge is 0.406 e. The van der Waals surface area contributed by atoms with Crippen molar-refractivity contribution in [3.8, 4) is 5.75 Å². The molecule has 2 aromatic carbocycles. The predicted octanol–water partition coefficient (Wildman–Crippen LogP) is 4.82. The summed E-state index contributed by atoms with van der Waals surface area (Å²) in [6.45, 7) is 6.12. The topological polar surface area (TPSA) is 79.9 Å². The number of benzene rings is 2. The van der Waals surface area contributed by atoms with Gasteiger partial charge in [-0.1, -0.05) is 37.6 Å². The molecule has 2 amide bonds. The zero-order valence-corrected chi connectivity index (χ0v) is 21.4. The summed E-state index contributed by atoms with van der Waals surface area (Å²) in [7, 11) is 0. The summed E-state index contributed by atoms with van der Waals surface area (Å²) in [6.07, 6.45) is -4.75. The highest BCUT2D eigenvalue weighted by Gasteiger charge is 2.31. The fourth-order valence-electron chi connectivity index (χ4n) is 3.91. The highest BCUT2D eigenvalue weighted by atomic mass is 35.5. The maximum absolute atomic E-state index is 13.5. The Morgan fingerprint density at radius 2 is 1.68 bits per heavy atom. The van der Waals surface area contributed by atoms with Gasteiger partial charge in [0.1, 0.15) is 5.75 Å². The number of halogens is 4. The Labute approximate surface area is 219 Å². The van der Waals surface area contributed by atoms with Crippen molar-refractivity contribution in [2.24, 2.45) is 5.92 Å². The van der Waals surface area contributed by atoms with E-state index in [0.717, 1.165) is 0 Å². The van der Waals surface area contributed by atoms with E-state index >= 15 is 0 Å². The molecule has 0 spiro atoms. The summed E-state index contributed by atoms with van der Waals surface area (Å²) in [5.41, 5.74) is 1.25. The van der Waals surface area contributed by atoms with Gasteiger partial charge in [0.25, 0.3) is 0 Å². The van der Waals surface area contributed by atoms with E-state index in [1.165, 1.54) is 24.3 Å². The Bertz CT molecular complexity index is 1030. The largest absolute Gasteiger partial charge is 0.573 e. The molecule has 1 fully saturated rings. The number of carbonyl (C=O) groups is 2. The van der Waals surface area contributed by atoms with E-state index in [2.05, 4.69) is 15.4 Å². The third-order valence-corrected chi connectivity index (χ3v) is 6.33. The first-order valence-electron chi connectivity index (χ1n) is 12.0. The van der Waals surface area contributed by atoms with Gasteiger partial charge in [0.05, 0.1) is 19.1 Å². The van der Waals surface area contributed by atoms with Crippen LogP contribution in [0, 0.1) is 5.92 Å². The van der Waals surface area contributed by atoms with Crippen molar-refractivity contribution in [1.82, 2.24) is 10.2 Å². The van der Waals surface area contributed by atoms with Crippen LogP contribution in [0.25, 0.3) is 0 Å². The summed E-state index contributed by atoms with van der Waals surface area (Å²) >= 11 is 6.03. The van der Waals surface area contributed by atoms with Gasteiger partial charge in [-0.05, 0) is 47.9 Å². The van der Waals surface area contributed by atoms with Gasteiger partial charge in [-0.25, -0.2) is 0 Å². The van der Waals surface area contributed by atoms with Crippen molar-refractivity contribution in [2.75, 3.05) is 38.2 Å². The average Bonchev–Trinajstić information content (AvgIpc) is 2.85. The number of nitrogens with one attached hydrogen (secondary N) is 2. The van der Waals surface area contributed by atoms with E-state index in [9.17, 15) is 22.8 Å². The van der Waals surface area contributed by atoms with E-state index in [-0.39, 0.29) is 35.9 Å². The van der Waals surface area contributed by atoms with Gasteiger partial charge < -0.3 is 25.0 Å². The van der Waals surface area contributed by atoms with Gasteiger partial charge in [-0.3, -0.25) is 9.59 Å². The summed E-state index contributed by atoms with van der Waals surface area (Å²) in [6, 6.07) is 11.9. The average molecular weight is 542 g/mol. The quantitative estimate of drug-likeness (QED) is 0.451. The van der Waals surface area contributed by atoms with Gasteiger partial charge in [-0.15, -0.1) is 13.2 Å². The maximum Gasteiger partial charge on any atom is 0.573 e. The predicted molar refractivity (Wildman–Crippen MR) is 135 cm³/mol. The highest BCUT2D eigenvalue weighted by molar-refractivity contribution is 6.30. The van der Waals surface area contributed by atoms with Crippen LogP contribution >= 0.6 is 11.6 Å². The molecule has 2 N–H and O–H groups in total. The molecule has 1 saturated heterocycles. The van der Waals surface area contributed by atoms with Crippen LogP contribution in [0.3, 0.4) is 0 Å². The second-order valence-corrected chi connectivity index (χ2v) is 9.55. The number of hydrogen-bond acceptors (Lipinski definition) is 5. The molecule has 11 heteroatoms. The van der Waals surface area contributed by atoms with Gasteiger partial charge in [0.2, 0.25) is 11.8 Å². The molecule has 0 bridgehead atoms. The number of hydrogen-bond donors (Lipinski definition) is 2. The minimum Gasteiger partial charge on any atom is -0.406 e. The van der Waals surface area contributed by atoms with Crippen LogP contribution in [-0.2, 0) is 14.3 Å². The van der Waals surface area contributed by atoms with E-state index in [1.807, 2.05) is 13.8 Å². The molecular weight excluding hydrogens is 511 g/mol. The van der Waals surface area contributed by atoms with Crippen LogP contribution in [-0.4, -0.2) is 62.0 Å². The van der Waals surface area contributed by atoms with Crippen molar-refractivity contribution >= 4 is 29.1 Å². The fraction of sp³-hybridized carbons (Fsp3) is 0.462. The van der Waals surface area contributed by atoms with Gasteiger partial charge in [-0.2, -0.15) is 0 Å². The Balaban J connectivity index is 1.67. The molecule has 0 radical (unpaired) electrons. The van der Waals surface area contributed by atoms with Gasteiger partial charge in [0, 0.05) is 42.8 Å². The fourth-order valence-corrected chi connectivity index (χ4v) is 4.04. The van der Waals surface area contributed by atoms with Crippen LogP contribution in [0.15, 0.2) is 48.5 Å². The molecule has 202 valence electrons. The van der Waals surface area contributed by atoms with Crippen molar-refractivity contribution < 1.29 is 32.2 Å². The minimum absolute atomic E-state index is 0.00633. The molecule has 0 aromatic heterocycles. The van der Waals surface area contributed by atoms with Gasteiger partial charge >= 0.3 is 6.36 Å². The lowest BCUT2D eigenvalue weighted by atomic mass is 9.92. The Hall–Kier alpha value is -2.98. The second kappa shape index (κ2) is 13.0. The molecule has 2 atom stereocenters. The van der Waals surface area contributed by atoms with E-state index in [0.29, 0.717) is 49.1 Å². The lowest BCUT2D eigenvalue weighted by Gasteiger charge is -2.30. The molecule has 1 aliphatic heterocycles. The number of amides is 2. The number of morpholine rings is 1. The third kappa shape index (κ3) is 9.12. The lowest BCUT2D eigenvalue weighted by Crippen LogP contribution is -2.47. The summed E-state index contributed by atoms with van der Waals surface area (Å²) < 4.78 is 46.4. The first-order chi connectivity index (χ1) is 17.5. The van der Waals surface area contributed by atoms with E-state index in [1.54, 1.807) is 29.2 Å². The molecule has 0 aliphatic carbocycles. The highest BCUT2D eigenvalue weighted by Crippen LogP contribution is 2.26. The number of nitrogens with zero attached hydrogens (tertiary/aromatic N) is 1. The standard InChI is InChI=1S/C26H31ClF3N3O4/c1-17(2)23(16-31-20-7-9-21(10-8-20)37-26(28,29)30)32-25(35)22(18-3-5-19(27)6-4-18)15-24(34)33-11-13-36-14-12-33/h3-10,17,22-23,31H,11-16H2,1-2H3,(H,32,35)/t22-,23+/m0/s1. The maximum atomic E-state index is 13.5. The van der Waals surface area contributed by atoms with E-state index in [4.69, 9.17) is 16.3 Å². The molecule has 0 saturated carbocycles. The molecule has 7 nitrogen and oxygen atoms in total. The van der Waals surface area contributed by atoms with Crippen molar-refractivity contribution in [3.05, 3.63) is 59.1 Å². The zero-order valence-electron chi connectivity index (χ0n) is 20.7. The molecule has 37 heavy (non-hydrogen) atoms. The number of ether oxygens (including phenoxy) is 2. The Morgan fingerprint density at radius 3 is 2.24 bits per heavy atom. The first kappa shape index (κ1) is 28.6. The normalized spacial score (nSPS) is 15.7. The summed E-state index contributed by atoms with van der Waals surface area (Å²) in [4.78, 5) is 28.1. The molecular formula is C26H31ClF3N3O4. The van der Waals surface area contributed by atoms with Crippen molar-refractivity contribution in [2.45, 2.75) is 38.6 Å². The van der Waals surface area contributed by atoms with Gasteiger partial charge in [0.15, 0.2) is 0 Å². The number of rotatable bonds is 10. The molecule has 2 aromatic rings. The van der Waals surface area contributed by atoms with E-state index < -0.39 is 12.3 Å². The van der Waals surface area contributed by atoms with Crippen LogP contribution < -0.4 is 15.4 Å². The lowest BCUT2D eigenvalue weighted by molar-refractivity contribution is -0.274. The van der Waals surface area contributed by atoms with Crippen molar-refractivity contribution in [3.63, 3.8) is 0 Å². The zero-order chi connectivity index (χ0) is 27.0. The molecule has 1 heterocycles. The van der Waals surface area contributed by atoms with Crippen LogP contribution in [0.2, 0.25) is 5.02 Å². The van der Waals surface area contributed by atoms with Crippen molar-refractivity contribution in [1.29, 1.82) is 0 Å². The molecule has 1 aliphatic rings. The Morgan fingerprint density at radius 1 is 1.05 bits per heavy atom. The molecule has 3 rings (SSSR count).